The van der Waals surface area contributed by atoms with Gasteiger partial charge >= 0.3 is 0 Å². The van der Waals surface area contributed by atoms with E-state index in [1.807, 2.05) is 13.8 Å². The third-order valence-electron chi connectivity index (χ3n) is 1.81. The molecule has 0 atom stereocenters. The molecule has 0 heterocycles. The highest BCUT2D eigenvalue weighted by atomic mass is 13.9. The van der Waals surface area contributed by atoms with Crippen LogP contribution in [0.3, 0.4) is 0 Å². The van der Waals surface area contributed by atoms with E-state index in [4.69, 9.17) is 0 Å². The monoisotopic (exact) mass is 168 g/mol. The summed E-state index contributed by atoms with van der Waals surface area (Å²) in [5.41, 5.74) is 4.27. The second-order valence-electron chi connectivity index (χ2n) is 3.03. The highest BCUT2D eigenvalue weighted by molar-refractivity contribution is 5.24. The standard InChI is InChI=1S/C10H18.C2H6/c1-6-9(4)7-10(5)8(2)3;1-2/h7H,6H2,1-5H3;1-2H3/b9-7-;. The van der Waals surface area contributed by atoms with Gasteiger partial charge in [0.1, 0.15) is 0 Å². The molecule has 0 aromatic heterocycles. The van der Waals surface area contributed by atoms with Crippen molar-refractivity contribution in [2.45, 2.75) is 54.9 Å². The first-order valence-corrected chi connectivity index (χ1v) is 4.89. The molecule has 0 aromatic rings. The fourth-order valence-corrected chi connectivity index (χ4v) is 0.616. The number of hydrogen-bond acceptors (Lipinski definition) is 0. The lowest BCUT2D eigenvalue weighted by molar-refractivity contribution is 1.09. The zero-order valence-electron chi connectivity index (χ0n) is 9.78. The first-order valence-electron chi connectivity index (χ1n) is 4.89. The fourth-order valence-electron chi connectivity index (χ4n) is 0.616. The summed E-state index contributed by atoms with van der Waals surface area (Å²) in [4.78, 5) is 0. The lowest BCUT2D eigenvalue weighted by atomic mass is 10.1. The van der Waals surface area contributed by atoms with E-state index in [9.17, 15) is 0 Å². The van der Waals surface area contributed by atoms with Crippen molar-refractivity contribution in [1.29, 1.82) is 0 Å². The first kappa shape index (κ1) is 14.0. The zero-order chi connectivity index (χ0) is 10.1. The minimum Gasteiger partial charge on any atom is -0.0735 e. The molecule has 0 aliphatic heterocycles. The topological polar surface area (TPSA) is 0 Å². The van der Waals surface area contributed by atoms with E-state index in [-0.39, 0.29) is 0 Å². The minimum absolute atomic E-state index is 1.16. The van der Waals surface area contributed by atoms with Crippen LogP contribution in [0.15, 0.2) is 22.8 Å². The van der Waals surface area contributed by atoms with Gasteiger partial charge in [0.15, 0.2) is 0 Å². The van der Waals surface area contributed by atoms with E-state index < -0.39 is 0 Å². The van der Waals surface area contributed by atoms with Crippen LogP contribution >= 0.6 is 0 Å². The Bertz CT molecular complexity index is 155. The lowest BCUT2D eigenvalue weighted by Crippen LogP contribution is -1.77. The van der Waals surface area contributed by atoms with E-state index in [1.165, 1.54) is 16.7 Å². The molecule has 0 heteroatoms. The summed E-state index contributed by atoms with van der Waals surface area (Å²) in [5, 5.41) is 0. The average molecular weight is 168 g/mol. The number of hydrogen-bond donors (Lipinski definition) is 0. The molecule has 0 spiro atoms. The summed E-state index contributed by atoms with van der Waals surface area (Å²) in [6, 6.07) is 0. The Morgan fingerprint density at radius 1 is 1.00 bits per heavy atom. The fraction of sp³-hybridized carbons (Fsp3) is 0.667. The van der Waals surface area contributed by atoms with Gasteiger partial charge in [0.2, 0.25) is 0 Å². The maximum Gasteiger partial charge on any atom is -0.0348 e. The Balaban J connectivity index is 0. The molecule has 0 saturated heterocycles. The van der Waals surface area contributed by atoms with Crippen LogP contribution in [0.2, 0.25) is 0 Å². The zero-order valence-corrected chi connectivity index (χ0v) is 9.78. The SMILES string of the molecule is CC.CC/C(C)=C\C(C)=C(C)C. The molecule has 12 heavy (non-hydrogen) atoms. The molecule has 0 N–H and O–H groups in total. The van der Waals surface area contributed by atoms with Gasteiger partial charge in [-0.2, -0.15) is 0 Å². The van der Waals surface area contributed by atoms with Crippen molar-refractivity contribution < 1.29 is 0 Å². The van der Waals surface area contributed by atoms with Crippen LogP contribution < -0.4 is 0 Å². The Labute approximate surface area is 78.4 Å². The summed E-state index contributed by atoms with van der Waals surface area (Å²) in [6.07, 6.45) is 3.42. The second kappa shape index (κ2) is 8.58. The third-order valence-corrected chi connectivity index (χ3v) is 1.81. The van der Waals surface area contributed by atoms with Crippen LogP contribution in [0.25, 0.3) is 0 Å². The molecule has 0 aliphatic carbocycles. The van der Waals surface area contributed by atoms with Crippen molar-refractivity contribution >= 4 is 0 Å². The van der Waals surface area contributed by atoms with Gasteiger partial charge in [0.25, 0.3) is 0 Å². The van der Waals surface area contributed by atoms with Crippen LogP contribution in [0.1, 0.15) is 54.9 Å². The van der Waals surface area contributed by atoms with Gasteiger partial charge in [0, 0.05) is 0 Å². The van der Waals surface area contributed by atoms with Gasteiger partial charge < -0.3 is 0 Å². The molecule has 0 radical (unpaired) electrons. The maximum atomic E-state index is 2.26. The highest BCUT2D eigenvalue weighted by Crippen LogP contribution is 2.08. The minimum atomic E-state index is 1.16. The van der Waals surface area contributed by atoms with Gasteiger partial charge in [-0.3, -0.25) is 0 Å². The van der Waals surface area contributed by atoms with Crippen molar-refractivity contribution in [3.05, 3.63) is 22.8 Å². The number of allylic oxidation sites excluding steroid dienone is 4. The van der Waals surface area contributed by atoms with E-state index in [0.29, 0.717) is 0 Å². The van der Waals surface area contributed by atoms with Crippen molar-refractivity contribution in [3.63, 3.8) is 0 Å². The Kier molecular flexibility index (Phi) is 10.0. The van der Waals surface area contributed by atoms with Crippen molar-refractivity contribution in [1.82, 2.24) is 0 Å². The molecule has 0 saturated carbocycles. The smallest absolute Gasteiger partial charge is 0.0348 e. The van der Waals surface area contributed by atoms with Crippen LogP contribution in [0.5, 0.6) is 0 Å². The summed E-state index contributed by atoms with van der Waals surface area (Å²) in [6.45, 7) is 14.8. The quantitative estimate of drug-likeness (QED) is 0.523. The molecule has 0 fully saturated rings. The van der Waals surface area contributed by atoms with Gasteiger partial charge in [0.05, 0.1) is 0 Å². The largest absolute Gasteiger partial charge is 0.0735 e. The van der Waals surface area contributed by atoms with E-state index in [2.05, 4.69) is 40.7 Å². The summed E-state index contributed by atoms with van der Waals surface area (Å²) in [7, 11) is 0. The molecule has 0 unspecified atom stereocenters. The van der Waals surface area contributed by atoms with E-state index >= 15 is 0 Å². The van der Waals surface area contributed by atoms with Crippen molar-refractivity contribution in [2.75, 3.05) is 0 Å². The Hall–Kier alpha value is -0.520. The van der Waals surface area contributed by atoms with Crippen molar-refractivity contribution in [2.24, 2.45) is 0 Å². The predicted molar refractivity (Wildman–Crippen MR) is 59.4 cm³/mol. The van der Waals surface area contributed by atoms with E-state index in [1.54, 1.807) is 0 Å². The second-order valence-corrected chi connectivity index (χ2v) is 3.03. The van der Waals surface area contributed by atoms with Crippen LogP contribution in [0, 0.1) is 0 Å². The molecule has 0 amide bonds. The highest BCUT2D eigenvalue weighted by Gasteiger charge is 1.87. The third kappa shape index (κ3) is 7.59. The molecule has 0 rings (SSSR count). The Morgan fingerprint density at radius 3 is 1.67 bits per heavy atom. The molecular weight excluding hydrogens is 144 g/mol. The molecular formula is C12H24. The van der Waals surface area contributed by atoms with Crippen molar-refractivity contribution in [3.8, 4) is 0 Å². The van der Waals surface area contributed by atoms with E-state index in [0.717, 1.165) is 6.42 Å². The normalized spacial score (nSPS) is 10.1. The maximum absolute atomic E-state index is 2.26. The van der Waals surface area contributed by atoms with Gasteiger partial charge in [-0.05, 0) is 34.1 Å². The van der Waals surface area contributed by atoms with Crippen LogP contribution in [-0.4, -0.2) is 0 Å². The lowest BCUT2D eigenvalue weighted by Gasteiger charge is -1.98. The van der Waals surface area contributed by atoms with Crippen LogP contribution in [-0.2, 0) is 0 Å². The molecule has 72 valence electrons. The summed E-state index contributed by atoms with van der Waals surface area (Å²) in [5.74, 6) is 0. The molecule has 0 bridgehead atoms. The van der Waals surface area contributed by atoms with Gasteiger partial charge in [-0.25, -0.2) is 0 Å². The average Bonchev–Trinajstić information content (AvgIpc) is 2.07. The first-order chi connectivity index (χ1) is 5.57. The molecule has 0 nitrogen and oxygen atoms in total. The van der Waals surface area contributed by atoms with Crippen LogP contribution in [0.4, 0.5) is 0 Å². The summed E-state index contributed by atoms with van der Waals surface area (Å²) >= 11 is 0. The van der Waals surface area contributed by atoms with Gasteiger partial charge in [-0.15, -0.1) is 0 Å². The molecule has 0 aliphatic rings. The number of rotatable bonds is 2. The molecule has 0 aromatic carbocycles. The van der Waals surface area contributed by atoms with Gasteiger partial charge in [-0.1, -0.05) is 43.6 Å². The Morgan fingerprint density at radius 2 is 1.42 bits per heavy atom. The predicted octanol–water partition coefficient (Wildman–Crippen LogP) is 4.73. The summed E-state index contributed by atoms with van der Waals surface area (Å²) < 4.78 is 0.